The Hall–Kier alpha value is -2.20. The molecule has 0 spiro atoms. The minimum Gasteiger partial charge on any atom is -0.370 e. The number of carbonyl (C=O) groups is 2. The first-order valence-electron chi connectivity index (χ1n) is 13.9. The van der Waals surface area contributed by atoms with Crippen LogP contribution < -0.4 is 11.1 Å². The molecule has 0 saturated heterocycles. The highest BCUT2D eigenvalue weighted by molar-refractivity contribution is 8.03. The molecule has 3 N–H and O–H groups in total. The van der Waals surface area contributed by atoms with Crippen LogP contribution in [0.3, 0.4) is 0 Å². The molecule has 2 rings (SSSR count). The summed E-state index contributed by atoms with van der Waals surface area (Å²) in [7, 11) is 0. The van der Waals surface area contributed by atoms with Gasteiger partial charge in [0.15, 0.2) is 0 Å². The number of nitrogens with two attached hydrogens (primary N) is 1. The number of hydrogen-bond acceptors (Lipinski definition) is 5. The number of unbranched alkanes of at least 4 members (excludes halogenated alkanes) is 2. The Kier molecular flexibility index (Phi) is 23.6. The van der Waals surface area contributed by atoms with Crippen molar-refractivity contribution >= 4 is 24.1 Å². The summed E-state index contributed by atoms with van der Waals surface area (Å²) in [6, 6.07) is 0. The molecule has 10 heteroatoms. The van der Waals surface area contributed by atoms with Gasteiger partial charge in [0.25, 0.3) is 5.92 Å². The highest BCUT2D eigenvalue weighted by atomic mass is 32.2. The van der Waals surface area contributed by atoms with Crippen LogP contribution in [0.1, 0.15) is 85.1 Å². The second-order valence-corrected chi connectivity index (χ2v) is 10.7. The van der Waals surface area contributed by atoms with Gasteiger partial charge in [-0.25, -0.2) is 8.78 Å². The number of amides is 2. The van der Waals surface area contributed by atoms with Crippen LogP contribution in [0.15, 0.2) is 36.2 Å². The molecule has 0 saturated carbocycles. The number of rotatable bonds is 14. The quantitative estimate of drug-likeness (QED) is 0.150. The first kappa shape index (κ1) is 38.9. The fourth-order valence-corrected chi connectivity index (χ4v) is 4.45. The van der Waals surface area contributed by atoms with Gasteiger partial charge in [0, 0.05) is 49.8 Å². The fourth-order valence-electron chi connectivity index (χ4n) is 3.49. The number of alkyl halides is 2. The summed E-state index contributed by atoms with van der Waals surface area (Å²) in [6.07, 6.45) is 12.0. The van der Waals surface area contributed by atoms with E-state index in [1.54, 1.807) is 6.92 Å². The van der Waals surface area contributed by atoms with Crippen LogP contribution in [-0.2, 0) is 16.1 Å². The molecular formula is C29H53F2N5O2S. The molecule has 0 aromatic carbocycles. The Morgan fingerprint density at radius 1 is 1.28 bits per heavy atom. The second kappa shape index (κ2) is 23.7. The predicted molar refractivity (Wildman–Crippen MR) is 162 cm³/mol. The van der Waals surface area contributed by atoms with Gasteiger partial charge < -0.3 is 11.1 Å². The molecule has 39 heavy (non-hydrogen) atoms. The van der Waals surface area contributed by atoms with Gasteiger partial charge >= 0.3 is 0 Å². The molecular weight excluding hydrogens is 520 g/mol. The Balaban J connectivity index is 0. The van der Waals surface area contributed by atoms with Crippen molar-refractivity contribution in [2.45, 2.75) is 99.0 Å². The molecule has 2 heterocycles. The predicted octanol–water partition coefficient (Wildman–Crippen LogP) is 6.54. The summed E-state index contributed by atoms with van der Waals surface area (Å²) >= 11 is 1.17. The Labute approximate surface area is 240 Å². The number of aromatic nitrogens is 2. The van der Waals surface area contributed by atoms with Crippen molar-refractivity contribution in [1.29, 1.82) is 0 Å². The van der Waals surface area contributed by atoms with Crippen LogP contribution in [0.5, 0.6) is 0 Å². The zero-order chi connectivity index (χ0) is 30.3. The van der Waals surface area contributed by atoms with Gasteiger partial charge in [0.1, 0.15) is 0 Å². The molecule has 1 aliphatic heterocycles. The minimum absolute atomic E-state index is 0.235. The van der Waals surface area contributed by atoms with E-state index in [9.17, 15) is 18.4 Å². The van der Waals surface area contributed by atoms with Gasteiger partial charge in [-0.1, -0.05) is 46.5 Å². The standard InChI is InChI=1S/C18H32F2N2OS.C6H10N2.C3H7NO.C2H4/c1-4-5-6-7-15(2)8-10-22-11-9-17(16(12-22)21-14-23)24-13-18(3,19)20;1-3-8-5-6(2)4-7-8;1-2-3(4)5;1-2/h14-15H,4-13H2,1-3H3,(H,21,23);4-5H,3H2,1-2H3;2H2,1H3,(H2,4,5);1-2H2/t15-;;;/m1.../s1. The molecule has 1 aromatic rings. The lowest BCUT2D eigenvalue weighted by atomic mass is 9.99. The average molecular weight is 574 g/mol. The lowest BCUT2D eigenvalue weighted by Crippen LogP contribution is -2.37. The molecule has 7 nitrogen and oxygen atoms in total. The van der Waals surface area contributed by atoms with E-state index < -0.39 is 5.92 Å². The smallest absolute Gasteiger partial charge is 0.254 e. The van der Waals surface area contributed by atoms with E-state index in [0.29, 0.717) is 25.3 Å². The van der Waals surface area contributed by atoms with Crippen molar-refractivity contribution in [3.05, 3.63) is 41.7 Å². The van der Waals surface area contributed by atoms with Gasteiger partial charge in [-0.2, -0.15) is 5.10 Å². The molecule has 0 fully saturated rings. The largest absolute Gasteiger partial charge is 0.370 e. The highest BCUT2D eigenvalue weighted by Crippen LogP contribution is 2.31. The van der Waals surface area contributed by atoms with Crippen molar-refractivity contribution in [3.63, 3.8) is 0 Å². The van der Waals surface area contributed by atoms with E-state index in [1.807, 2.05) is 24.0 Å². The molecule has 0 bridgehead atoms. The lowest BCUT2D eigenvalue weighted by molar-refractivity contribution is -0.117. The van der Waals surface area contributed by atoms with Gasteiger partial charge in [0.05, 0.1) is 11.9 Å². The Morgan fingerprint density at radius 2 is 1.92 bits per heavy atom. The monoisotopic (exact) mass is 573 g/mol. The molecule has 0 radical (unpaired) electrons. The van der Waals surface area contributed by atoms with Crippen molar-refractivity contribution < 1.29 is 18.4 Å². The third-order valence-electron chi connectivity index (χ3n) is 5.78. The molecule has 2 amide bonds. The third-order valence-corrected chi connectivity index (χ3v) is 7.23. The summed E-state index contributed by atoms with van der Waals surface area (Å²) in [5, 5.41) is 6.77. The van der Waals surface area contributed by atoms with Crippen LogP contribution in [0.4, 0.5) is 8.78 Å². The summed E-state index contributed by atoms with van der Waals surface area (Å²) < 4.78 is 28.0. The number of nitrogens with one attached hydrogen (secondary N) is 1. The minimum atomic E-state index is -2.69. The maximum Gasteiger partial charge on any atom is 0.254 e. The van der Waals surface area contributed by atoms with Crippen LogP contribution in [-0.4, -0.2) is 58.3 Å². The van der Waals surface area contributed by atoms with Crippen molar-refractivity contribution in [2.24, 2.45) is 11.7 Å². The number of aryl methyl sites for hydroxylation is 2. The molecule has 1 aromatic heterocycles. The number of hydrogen-bond donors (Lipinski definition) is 2. The van der Waals surface area contributed by atoms with Gasteiger partial charge in [0.2, 0.25) is 12.3 Å². The third kappa shape index (κ3) is 22.3. The van der Waals surface area contributed by atoms with E-state index in [-0.39, 0.29) is 11.7 Å². The van der Waals surface area contributed by atoms with Crippen LogP contribution >= 0.6 is 11.8 Å². The van der Waals surface area contributed by atoms with Crippen molar-refractivity contribution in [3.8, 4) is 0 Å². The number of nitrogens with zero attached hydrogens (tertiary/aromatic N) is 3. The molecule has 0 unspecified atom stereocenters. The highest BCUT2D eigenvalue weighted by Gasteiger charge is 2.25. The van der Waals surface area contributed by atoms with E-state index in [4.69, 9.17) is 0 Å². The van der Waals surface area contributed by atoms with Crippen LogP contribution in [0.25, 0.3) is 0 Å². The molecule has 0 aliphatic carbocycles. The lowest BCUT2D eigenvalue weighted by Gasteiger charge is -2.31. The van der Waals surface area contributed by atoms with E-state index in [1.165, 1.54) is 43.0 Å². The Morgan fingerprint density at radius 3 is 2.36 bits per heavy atom. The zero-order valence-electron chi connectivity index (χ0n) is 25.1. The number of halogens is 2. The first-order valence-corrected chi connectivity index (χ1v) is 14.9. The maximum absolute atomic E-state index is 13.1. The normalized spacial score (nSPS) is 14.1. The first-order chi connectivity index (χ1) is 18.4. The maximum atomic E-state index is 13.1. The molecule has 1 aliphatic rings. The van der Waals surface area contributed by atoms with Crippen molar-refractivity contribution in [2.75, 3.05) is 25.4 Å². The van der Waals surface area contributed by atoms with E-state index in [0.717, 1.165) is 50.0 Å². The fraction of sp³-hybridized carbons (Fsp3) is 0.690. The number of carbonyl (C=O) groups excluding carboxylic acids is 2. The summed E-state index contributed by atoms with van der Waals surface area (Å²) in [5.74, 6) is -2.46. The molecule has 226 valence electrons. The van der Waals surface area contributed by atoms with Gasteiger partial charge in [-0.3, -0.25) is 19.2 Å². The summed E-state index contributed by atoms with van der Waals surface area (Å²) in [4.78, 5) is 23.6. The van der Waals surface area contributed by atoms with E-state index in [2.05, 4.69) is 55.0 Å². The topological polar surface area (TPSA) is 93.3 Å². The van der Waals surface area contributed by atoms with Crippen molar-refractivity contribution in [1.82, 2.24) is 20.0 Å². The van der Waals surface area contributed by atoms with Crippen LogP contribution in [0, 0.1) is 12.8 Å². The van der Waals surface area contributed by atoms with Gasteiger partial charge in [-0.15, -0.1) is 24.9 Å². The zero-order valence-corrected chi connectivity index (χ0v) is 25.9. The SMILES string of the molecule is C=C.CCC(N)=O.CCCCC[C@@H](C)CCN1CCC(SCC(C)(F)F)=C(NC=O)C1.CCn1cc(C)cn1. The average Bonchev–Trinajstić information content (AvgIpc) is 3.34. The van der Waals surface area contributed by atoms with Gasteiger partial charge in [-0.05, 0) is 44.7 Å². The van der Waals surface area contributed by atoms with E-state index >= 15 is 0 Å². The number of thioether (sulfide) groups is 1. The molecule has 1 atom stereocenters. The summed E-state index contributed by atoms with van der Waals surface area (Å²) in [6.45, 7) is 20.8. The summed E-state index contributed by atoms with van der Waals surface area (Å²) in [5.41, 5.74) is 6.68. The van der Waals surface area contributed by atoms with Crippen LogP contribution in [0.2, 0.25) is 0 Å². The second-order valence-electron chi connectivity index (χ2n) is 9.63. The number of primary amides is 1. The Bertz CT molecular complexity index is 812.